The Bertz CT molecular complexity index is 913. The molecular weight excluding hydrogens is 448 g/mol. The normalized spacial score (nSPS) is 32.0. The zero-order valence-electron chi connectivity index (χ0n) is 20.2. The molecule has 0 saturated carbocycles. The van der Waals surface area contributed by atoms with Crippen LogP contribution < -0.4 is 11.2 Å². The van der Waals surface area contributed by atoms with Gasteiger partial charge in [-0.3, -0.25) is 14.3 Å². The van der Waals surface area contributed by atoms with E-state index in [9.17, 15) is 19.8 Å². The Kier molecular flexibility index (Phi) is 7.13. The van der Waals surface area contributed by atoms with Crippen LogP contribution in [0.5, 0.6) is 0 Å². The molecular formula is C21H38N2O7Si2. The molecule has 9 nitrogen and oxygen atoms in total. The van der Waals surface area contributed by atoms with Crippen molar-refractivity contribution >= 4 is 16.9 Å². The van der Waals surface area contributed by atoms with Gasteiger partial charge in [-0.05, 0) is 22.2 Å². The molecule has 32 heavy (non-hydrogen) atoms. The summed E-state index contributed by atoms with van der Waals surface area (Å²) in [7, 11) is -5.35. The Balaban J connectivity index is 2.08. The van der Waals surface area contributed by atoms with Gasteiger partial charge < -0.3 is 23.5 Å². The number of aromatic amines is 1. The molecule has 0 amide bonds. The highest BCUT2D eigenvalue weighted by molar-refractivity contribution is 6.91. The molecule has 2 aliphatic heterocycles. The van der Waals surface area contributed by atoms with Gasteiger partial charge in [-0.1, -0.05) is 55.4 Å². The number of hydrogen-bond acceptors (Lipinski definition) is 7. The molecule has 1 aromatic heterocycles. The van der Waals surface area contributed by atoms with Crippen LogP contribution in [0.1, 0.15) is 61.6 Å². The Morgan fingerprint density at radius 1 is 0.938 bits per heavy atom. The minimum atomic E-state index is -2.68. The number of ether oxygens (including phenoxy) is 1. The number of aliphatic hydroxyl groups excluding tert-OH is 2. The van der Waals surface area contributed by atoms with E-state index in [1.54, 1.807) is 0 Å². The van der Waals surface area contributed by atoms with E-state index in [2.05, 4.69) is 60.4 Å². The third-order valence-corrected chi connectivity index (χ3v) is 18.9. The number of hydrogen-bond donors (Lipinski definition) is 3. The van der Waals surface area contributed by atoms with Gasteiger partial charge in [0.1, 0.15) is 18.3 Å². The Labute approximate surface area is 191 Å². The smallest absolute Gasteiger partial charge is 0.333 e. The minimum absolute atomic E-state index is 0.183. The van der Waals surface area contributed by atoms with Gasteiger partial charge in [-0.25, -0.2) is 4.79 Å². The zero-order chi connectivity index (χ0) is 24.2. The van der Waals surface area contributed by atoms with Gasteiger partial charge in [-0.2, -0.15) is 0 Å². The second-order valence-electron chi connectivity index (χ2n) is 10.3. The van der Waals surface area contributed by atoms with Crippen LogP contribution in [0.3, 0.4) is 0 Å². The fraction of sp³-hybridized carbons (Fsp3) is 0.810. The van der Waals surface area contributed by atoms with Crippen molar-refractivity contribution in [3.05, 3.63) is 33.1 Å². The summed E-state index contributed by atoms with van der Waals surface area (Å²) in [4.78, 5) is 26.0. The van der Waals surface area contributed by atoms with Gasteiger partial charge in [0.2, 0.25) is 8.32 Å². The maximum Gasteiger partial charge on any atom is 0.333 e. The third kappa shape index (κ3) is 3.81. The largest absolute Gasteiger partial charge is 0.432 e. The Morgan fingerprint density at radius 3 is 1.97 bits per heavy atom. The standard InChI is InChI=1S/C21H38N2O7Si2/c1-11(2)31(12(3)4)20(29-32(30-31,13(5)6)14(7)8)18-16(25)17(26)19(28-18)23-10-9-15(24)22-21(23)27/h9-14,16-20,25-26H,1-8H3,(H,22,24,27)/t16-,17+,18-,19+,20?/m0/s1. The van der Waals surface area contributed by atoms with E-state index in [0.717, 1.165) is 4.57 Å². The van der Waals surface area contributed by atoms with E-state index in [0.29, 0.717) is 0 Å². The van der Waals surface area contributed by atoms with E-state index in [4.69, 9.17) is 13.3 Å². The monoisotopic (exact) mass is 486 g/mol. The second-order valence-corrected chi connectivity index (χ2v) is 19.7. The molecule has 0 aliphatic carbocycles. The maximum atomic E-state index is 12.3. The summed E-state index contributed by atoms with van der Waals surface area (Å²) in [6.07, 6.45) is -3.33. The summed E-state index contributed by atoms with van der Waals surface area (Å²) in [5.41, 5.74) is -0.992. The van der Waals surface area contributed by atoms with Crippen molar-refractivity contribution in [2.45, 2.75) is 108 Å². The van der Waals surface area contributed by atoms with Crippen LogP contribution in [0.2, 0.25) is 22.2 Å². The minimum Gasteiger partial charge on any atom is -0.432 e. The van der Waals surface area contributed by atoms with Gasteiger partial charge in [0.05, 0.1) is 5.73 Å². The first kappa shape index (κ1) is 25.5. The lowest BCUT2D eigenvalue weighted by Gasteiger charge is -2.41. The topological polar surface area (TPSA) is 123 Å². The molecule has 2 fully saturated rings. The fourth-order valence-electron chi connectivity index (χ4n) is 5.50. The number of aliphatic hydroxyl groups is 2. The van der Waals surface area contributed by atoms with Crippen LogP contribution in [0.25, 0.3) is 0 Å². The van der Waals surface area contributed by atoms with Crippen LogP contribution in [0.4, 0.5) is 0 Å². The van der Waals surface area contributed by atoms with Crippen molar-refractivity contribution in [1.82, 2.24) is 9.55 Å². The van der Waals surface area contributed by atoms with Gasteiger partial charge in [0, 0.05) is 12.3 Å². The molecule has 5 atom stereocenters. The number of aromatic nitrogens is 2. The lowest BCUT2D eigenvalue weighted by molar-refractivity contribution is -0.0632. The van der Waals surface area contributed by atoms with Crippen LogP contribution in [-0.4, -0.2) is 60.7 Å². The molecule has 1 unspecified atom stereocenters. The first-order valence-corrected chi connectivity index (χ1v) is 15.6. The van der Waals surface area contributed by atoms with E-state index in [1.165, 1.54) is 12.3 Å². The molecule has 2 saturated heterocycles. The molecule has 0 aromatic carbocycles. The van der Waals surface area contributed by atoms with Gasteiger partial charge >= 0.3 is 14.3 Å². The summed E-state index contributed by atoms with van der Waals surface area (Å²) in [6, 6.07) is 1.18. The van der Waals surface area contributed by atoms with Crippen molar-refractivity contribution in [1.29, 1.82) is 0 Å². The molecule has 0 radical (unpaired) electrons. The number of rotatable bonds is 6. The average molecular weight is 487 g/mol. The summed E-state index contributed by atoms with van der Waals surface area (Å²) in [5.74, 6) is 0. The molecule has 3 heterocycles. The molecule has 1 aromatic rings. The quantitative estimate of drug-likeness (QED) is 0.526. The Hall–Kier alpha value is -1.09. The number of H-pyrrole nitrogens is 1. The van der Waals surface area contributed by atoms with Gasteiger partial charge in [0.25, 0.3) is 5.56 Å². The highest BCUT2D eigenvalue weighted by Gasteiger charge is 2.69. The summed E-state index contributed by atoms with van der Waals surface area (Å²) >= 11 is 0. The summed E-state index contributed by atoms with van der Waals surface area (Å²) < 4.78 is 21.3. The predicted octanol–water partition coefficient (Wildman–Crippen LogP) is 2.14. The van der Waals surface area contributed by atoms with Gasteiger partial charge in [-0.15, -0.1) is 0 Å². The highest BCUT2D eigenvalue weighted by Crippen LogP contribution is 2.54. The molecule has 2 aliphatic rings. The molecule has 0 bridgehead atoms. The SMILES string of the molecule is CC(C)[Si]1(C(C)C)OC([C@H]2O[C@@H](n3ccc(=O)[nH]c3=O)[C@H](O)[C@@H]2O)[Si](C(C)C)(C(C)C)O1. The van der Waals surface area contributed by atoms with E-state index >= 15 is 0 Å². The molecule has 182 valence electrons. The van der Waals surface area contributed by atoms with Crippen molar-refractivity contribution < 1.29 is 23.5 Å². The molecule has 3 N–H and O–H groups in total. The van der Waals surface area contributed by atoms with Crippen LogP contribution in [-0.2, 0) is 13.3 Å². The van der Waals surface area contributed by atoms with Gasteiger partial charge in [0.15, 0.2) is 6.23 Å². The second kappa shape index (κ2) is 8.93. The van der Waals surface area contributed by atoms with Crippen molar-refractivity contribution in [3.63, 3.8) is 0 Å². The highest BCUT2D eigenvalue weighted by atomic mass is 28.4. The lowest BCUT2D eigenvalue weighted by atomic mass is 10.1. The summed E-state index contributed by atoms with van der Waals surface area (Å²) in [5, 5.41) is 21.9. The summed E-state index contributed by atoms with van der Waals surface area (Å²) in [6.45, 7) is 17.0. The van der Waals surface area contributed by atoms with E-state index in [1.807, 2.05) is 0 Å². The van der Waals surface area contributed by atoms with Crippen LogP contribution >= 0.6 is 0 Å². The maximum absolute atomic E-state index is 12.3. The number of nitrogens with zero attached hydrogens (tertiary/aromatic N) is 1. The van der Waals surface area contributed by atoms with Crippen molar-refractivity contribution in [3.8, 4) is 0 Å². The first-order valence-electron chi connectivity index (χ1n) is 11.5. The first-order chi connectivity index (χ1) is 14.8. The zero-order valence-corrected chi connectivity index (χ0v) is 22.2. The van der Waals surface area contributed by atoms with E-state index in [-0.39, 0.29) is 22.2 Å². The van der Waals surface area contributed by atoms with Crippen LogP contribution in [0, 0.1) is 0 Å². The molecule has 0 spiro atoms. The predicted molar refractivity (Wildman–Crippen MR) is 125 cm³/mol. The fourth-order valence-corrected chi connectivity index (χ4v) is 19.3. The molecule has 3 rings (SSSR count). The van der Waals surface area contributed by atoms with Crippen molar-refractivity contribution in [2.75, 3.05) is 0 Å². The van der Waals surface area contributed by atoms with Crippen LogP contribution in [0.15, 0.2) is 21.9 Å². The van der Waals surface area contributed by atoms with Crippen molar-refractivity contribution in [2.24, 2.45) is 0 Å². The Morgan fingerprint density at radius 2 is 1.50 bits per heavy atom. The average Bonchev–Trinajstić information content (AvgIpc) is 3.20. The third-order valence-electron chi connectivity index (χ3n) is 7.21. The van der Waals surface area contributed by atoms with E-state index < -0.39 is 58.4 Å². The lowest BCUT2D eigenvalue weighted by Crippen LogP contribution is -2.59. The molecule has 11 heteroatoms. The number of nitrogens with one attached hydrogen (secondary N) is 1.